The van der Waals surface area contributed by atoms with E-state index in [2.05, 4.69) is 61.6 Å². The van der Waals surface area contributed by atoms with Crippen LogP contribution in [0.1, 0.15) is 19.4 Å². The molecule has 0 radical (unpaired) electrons. The maximum atomic E-state index is 3.43. The zero-order chi connectivity index (χ0) is 12.7. The molecule has 0 atom stereocenters. The van der Waals surface area contributed by atoms with E-state index in [-0.39, 0.29) is 0 Å². The highest BCUT2D eigenvalue weighted by Crippen LogP contribution is 2.14. The molecule has 1 aromatic rings. The van der Waals surface area contributed by atoms with Gasteiger partial charge < -0.3 is 10.2 Å². The minimum absolute atomic E-state index is 0.541. The molecular weight excluding hydrogens is 228 g/mol. The predicted octanol–water partition coefficient (Wildman–Crippen LogP) is 2.98. The largest absolute Gasteiger partial charge is 0.374 e. The molecule has 0 aliphatic carbocycles. The lowest BCUT2D eigenvalue weighted by Crippen LogP contribution is -2.22. The second kappa shape index (κ2) is 7.62. The highest BCUT2D eigenvalue weighted by molar-refractivity contribution is 7.98. The van der Waals surface area contributed by atoms with Crippen molar-refractivity contribution in [3.8, 4) is 0 Å². The first kappa shape index (κ1) is 14.4. The van der Waals surface area contributed by atoms with Crippen molar-refractivity contribution in [1.82, 2.24) is 5.32 Å². The highest BCUT2D eigenvalue weighted by atomic mass is 32.2. The van der Waals surface area contributed by atoms with Crippen LogP contribution in [0, 0.1) is 0 Å². The van der Waals surface area contributed by atoms with Crippen LogP contribution in [0.5, 0.6) is 0 Å². The summed E-state index contributed by atoms with van der Waals surface area (Å²) in [5, 5.41) is 3.43. The monoisotopic (exact) mass is 252 g/mol. The van der Waals surface area contributed by atoms with E-state index in [4.69, 9.17) is 0 Å². The Morgan fingerprint density at radius 2 is 1.88 bits per heavy atom. The summed E-state index contributed by atoms with van der Waals surface area (Å²) in [7, 11) is 2.15. The Kier molecular flexibility index (Phi) is 6.45. The van der Waals surface area contributed by atoms with Gasteiger partial charge in [-0.25, -0.2) is 0 Å². The molecule has 0 saturated carbocycles. The van der Waals surface area contributed by atoms with Crippen molar-refractivity contribution >= 4 is 17.4 Å². The summed E-state index contributed by atoms with van der Waals surface area (Å²) in [4.78, 5) is 2.30. The molecule has 0 aliphatic heterocycles. The molecule has 17 heavy (non-hydrogen) atoms. The fourth-order valence-corrected chi connectivity index (χ4v) is 2.00. The summed E-state index contributed by atoms with van der Waals surface area (Å²) in [5.41, 5.74) is 2.65. The van der Waals surface area contributed by atoms with E-state index in [1.54, 1.807) is 0 Å². The summed E-state index contributed by atoms with van der Waals surface area (Å²) in [6.07, 6.45) is 2.15. The number of nitrogens with zero attached hydrogens (tertiary/aromatic N) is 1. The van der Waals surface area contributed by atoms with Crippen molar-refractivity contribution in [3.05, 3.63) is 29.8 Å². The number of benzene rings is 1. The maximum Gasteiger partial charge on any atom is 0.0364 e. The van der Waals surface area contributed by atoms with Gasteiger partial charge in [0.15, 0.2) is 0 Å². The molecule has 0 amide bonds. The van der Waals surface area contributed by atoms with Crippen LogP contribution in [-0.4, -0.2) is 31.6 Å². The highest BCUT2D eigenvalue weighted by Gasteiger charge is 2.00. The summed E-state index contributed by atoms with van der Waals surface area (Å²) in [6, 6.07) is 9.37. The van der Waals surface area contributed by atoms with Crippen LogP contribution >= 0.6 is 11.8 Å². The Bertz CT molecular complexity index is 309. The van der Waals surface area contributed by atoms with Crippen molar-refractivity contribution in [1.29, 1.82) is 0 Å². The smallest absolute Gasteiger partial charge is 0.0364 e. The summed E-state index contributed by atoms with van der Waals surface area (Å²) in [6.45, 7) is 6.40. The van der Waals surface area contributed by atoms with Crippen LogP contribution in [0.2, 0.25) is 0 Å². The molecule has 0 saturated heterocycles. The van der Waals surface area contributed by atoms with Crippen molar-refractivity contribution in [2.45, 2.75) is 26.4 Å². The van der Waals surface area contributed by atoms with E-state index in [1.165, 1.54) is 17.0 Å². The van der Waals surface area contributed by atoms with Crippen molar-refractivity contribution in [2.75, 3.05) is 30.5 Å². The zero-order valence-electron chi connectivity index (χ0n) is 11.4. The minimum Gasteiger partial charge on any atom is -0.374 e. The average Bonchev–Trinajstić information content (AvgIpc) is 2.34. The predicted molar refractivity (Wildman–Crippen MR) is 80.1 cm³/mol. The molecule has 1 N–H and O–H groups in total. The number of nitrogens with one attached hydrogen (secondary N) is 1. The molecule has 1 rings (SSSR count). The molecule has 96 valence electrons. The van der Waals surface area contributed by atoms with Crippen LogP contribution in [-0.2, 0) is 6.54 Å². The lowest BCUT2D eigenvalue weighted by molar-refractivity contribution is 0.589. The van der Waals surface area contributed by atoms with E-state index in [1.807, 2.05) is 11.8 Å². The third kappa shape index (κ3) is 5.46. The van der Waals surface area contributed by atoms with Crippen LogP contribution in [0.3, 0.4) is 0 Å². The molecule has 0 heterocycles. The van der Waals surface area contributed by atoms with Gasteiger partial charge in [-0.1, -0.05) is 26.0 Å². The Morgan fingerprint density at radius 3 is 2.41 bits per heavy atom. The number of rotatable bonds is 7. The number of thioether (sulfide) groups is 1. The van der Waals surface area contributed by atoms with Gasteiger partial charge >= 0.3 is 0 Å². The lowest BCUT2D eigenvalue weighted by atomic mass is 10.2. The van der Waals surface area contributed by atoms with E-state index in [0.29, 0.717) is 6.04 Å². The first-order valence-corrected chi connectivity index (χ1v) is 7.55. The molecule has 3 heteroatoms. The van der Waals surface area contributed by atoms with Gasteiger partial charge in [-0.05, 0) is 24.0 Å². The Balaban J connectivity index is 2.49. The lowest BCUT2D eigenvalue weighted by Gasteiger charge is -2.19. The van der Waals surface area contributed by atoms with E-state index >= 15 is 0 Å². The second-order valence-corrected chi connectivity index (χ2v) is 5.60. The minimum atomic E-state index is 0.541. The van der Waals surface area contributed by atoms with Gasteiger partial charge in [-0.2, -0.15) is 11.8 Å². The second-order valence-electron chi connectivity index (χ2n) is 4.62. The number of anilines is 1. The number of hydrogen-bond acceptors (Lipinski definition) is 3. The Hall–Kier alpha value is -0.670. The van der Waals surface area contributed by atoms with Gasteiger partial charge in [0, 0.05) is 37.6 Å². The Labute approximate surface area is 110 Å². The first-order valence-electron chi connectivity index (χ1n) is 6.16. The topological polar surface area (TPSA) is 15.3 Å². The zero-order valence-corrected chi connectivity index (χ0v) is 12.2. The summed E-state index contributed by atoms with van der Waals surface area (Å²) >= 11 is 1.89. The van der Waals surface area contributed by atoms with Crippen LogP contribution in [0.15, 0.2) is 24.3 Å². The van der Waals surface area contributed by atoms with E-state index in [0.717, 1.165) is 13.1 Å². The van der Waals surface area contributed by atoms with Crippen molar-refractivity contribution in [2.24, 2.45) is 0 Å². The van der Waals surface area contributed by atoms with Crippen molar-refractivity contribution < 1.29 is 0 Å². The summed E-state index contributed by atoms with van der Waals surface area (Å²) < 4.78 is 0. The molecule has 2 nitrogen and oxygen atoms in total. The molecule has 0 aromatic heterocycles. The molecule has 0 spiro atoms. The Morgan fingerprint density at radius 1 is 1.24 bits per heavy atom. The molecule has 1 aromatic carbocycles. The molecule has 0 fully saturated rings. The molecule has 0 bridgehead atoms. The average molecular weight is 252 g/mol. The third-order valence-electron chi connectivity index (χ3n) is 2.72. The fourth-order valence-electron chi connectivity index (χ4n) is 1.55. The first-order chi connectivity index (χ1) is 8.13. The normalized spacial score (nSPS) is 10.9. The van der Waals surface area contributed by atoms with Gasteiger partial charge in [-0.3, -0.25) is 0 Å². The van der Waals surface area contributed by atoms with Crippen LogP contribution in [0.4, 0.5) is 5.69 Å². The summed E-state index contributed by atoms with van der Waals surface area (Å²) in [5.74, 6) is 1.17. The fraction of sp³-hybridized carbons (Fsp3) is 0.571. The van der Waals surface area contributed by atoms with Crippen LogP contribution in [0.25, 0.3) is 0 Å². The maximum absolute atomic E-state index is 3.43. The third-order valence-corrected chi connectivity index (χ3v) is 3.31. The van der Waals surface area contributed by atoms with Gasteiger partial charge in [0.1, 0.15) is 0 Å². The van der Waals surface area contributed by atoms with Gasteiger partial charge in [-0.15, -0.1) is 0 Å². The quantitative estimate of drug-likeness (QED) is 0.803. The SMILES string of the molecule is CSCCN(C)c1ccc(CNC(C)C)cc1. The van der Waals surface area contributed by atoms with Crippen LogP contribution < -0.4 is 10.2 Å². The van der Waals surface area contributed by atoms with Gasteiger partial charge in [0.05, 0.1) is 0 Å². The number of hydrogen-bond donors (Lipinski definition) is 1. The molecule has 0 aliphatic rings. The van der Waals surface area contributed by atoms with E-state index in [9.17, 15) is 0 Å². The molecule has 0 unspecified atom stereocenters. The molecular formula is C14H24N2S. The van der Waals surface area contributed by atoms with E-state index < -0.39 is 0 Å². The standard InChI is InChI=1S/C14H24N2S/c1-12(2)15-11-13-5-7-14(8-6-13)16(3)9-10-17-4/h5-8,12,15H,9-11H2,1-4H3. The van der Waals surface area contributed by atoms with Gasteiger partial charge in [0.2, 0.25) is 0 Å². The van der Waals surface area contributed by atoms with Crippen molar-refractivity contribution in [3.63, 3.8) is 0 Å². The van der Waals surface area contributed by atoms with Gasteiger partial charge in [0.25, 0.3) is 0 Å².